The van der Waals surface area contributed by atoms with E-state index in [0.717, 1.165) is 89.9 Å². The second-order valence-corrected chi connectivity index (χ2v) is 25.6. The van der Waals surface area contributed by atoms with Crippen molar-refractivity contribution in [1.82, 2.24) is 0 Å². The molecule has 9 nitrogen and oxygen atoms in total. The zero-order valence-corrected chi connectivity index (χ0v) is 56.0. The molecule has 0 rings (SSSR count). The molecule has 2 atom stereocenters. The van der Waals surface area contributed by atoms with Gasteiger partial charge < -0.3 is 18.9 Å². The number of quaternary nitrogens is 1. The van der Waals surface area contributed by atoms with E-state index in [1.54, 1.807) is 0 Å². The highest BCUT2D eigenvalue weighted by Gasteiger charge is 2.27. The minimum atomic E-state index is -4.40. The van der Waals surface area contributed by atoms with Crippen LogP contribution in [0.1, 0.15) is 296 Å². The summed E-state index contributed by atoms with van der Waals surface area (Å²) in [5.41, 5.74) is 0. The average Bonchev–Trinajstić information content (AvgIpc) is 3.61. The molecular formula is C74H131NO8P+. The first-order valence-corrected chi connectivity index (χ1v) is 36.1. The van der Waals surface area contributed by atoms with Crippen molar-refractivity contribution in [2.45, 2.75) is 302 Å². The molecule has 0 aromatic heterocycles. The van der Waals surface area contributed by atoms with Gasteiger partial charge in [-0.3, -0.25) is 18.6 Å². The van der Waals surface area contributed by atoms with Crippen molar-refractivity contribution in [2.75, 3.05) is 47.5 Å². The van der Waals surface area contributed by atoms with Crippen molar-refractivity contribution >= 4 is 19.8 Å². The first-order valence-electron chi connectivity index (χ1n) is 34.6. The van der Waals surface area contributed by atoms with Gasteiger partial charge in [-0.05, 0) is 103 Å². The topological polar surface area (TPSA) is 108 Å². The van der Waals surface area contributed by atoms with E-state index in [1.807, 2.05) is 21.1 Å². The summed E-state index contributed by atoms with van der Waals surface area (Å²) in [7, 11) is 1.47. The van der Waals surface area contributed by atoms with E-state index in [4.69, 9.17) is 18.5 Å². The number of ether oxygens (including phenoxy) is 2. The van der Waals surface area contributed by atoms with E-state index in [0.29, 0.717) is 17.4 Å². The lowest BCUT2D eigenvalue weighted by molar-refractivity contribution is -0.870. The van der Waals surface area contributed by atoms with E-state index in [1.165, 1.54) is 173 Å². The van der Waals surface area contributed by atoms with Gasteiger partial charge in [0.1, 0.15) is 19.8 Å². The van der Waals surface area contributed by atoms with Crippen molar-refractivity contribution in [3.63, 3.8) is 0 Å². The molecule has 0 heterocycles. The zero-order chi connectivity index (χ0) is 61.2. The first-order chi connectivity index (χ1) is 41.0. The van der Waals surface area contributed by atoms with Gasteiger partial charge in [-0.15, -0.1) is 0 Å². The Morgan fingerprint density at radius 1 is 0.381 bits per heavy atom. The van der Waals surface area contributed by atoms with Crippen LogP contribution in [0.3, 0.4) is 0 Å². The molecule has 84 heavy (non-hydrogen) atoms. The number of rotatable bonds is 63. The fraction of sp³-hybridized carbons (Fsp3) is 0.730. The first kappa shape index (κ1) is 80.7. The Labute approximate surface area is 518 Å². The maximum atomic E-state index is 12.9. The number of hydrogen-bond acceptors (Lipinski definition) is 7. The number of carbonyl (C=O) groups excluding carboxylic acids is 2. The van der Waals surface area contributed by atoms with E-state index in [9.17, 15) is 19.0 Å². The summed E-state index contributed by atoms with van der Waals surface area (Å²) in [5, 5.41) is 0. The van der Waals surface area contributed by atoms with Crippen LogP contribution in [0, 0.1) is 0 Å². The lowest BCUT2D eigenvalue weighted by Crippen LogP contribution is -2.37. The number of phosphoric acid groups is 1. The SMILES string of the molecule is CC/C=C\C/C=C\C/C=C\C/C=C\C/C=C\C/C=C\C/C=C\CCCCCCCCCCCCCCCC(=O)OC(COC(=O)CCCCCCCCCCCCCCC/C=C\C/C=C\CCCCCCC)COP(=O)(O)OCC[N+](C)(C)C. The molecule has 1 N–H and O–H groups in total. The summed E-state index contributed by atoms with van der Waals surface area (Å²) in [4.78, 5) is 35.9. The smallest absolute Gasteiger partial charge is 0.462 e. The van der Waals surface area contributed by atoms with Crippen LogP contribution >= 0.6 is 7.82 Å². The summed E-state index contributed by atoms with van der Waals surface area (Å²) in [5.74, 6) is -0.795. The molecule has 0 amide bonds. The summed E-state index contributed by atoms with van der Waals surface area (Å²) in [6.07, 6.45) is 90.4. The molecule has 10 heteroatoms. The number of esters is 2. The molecule has 0 saturated heterocycles. The van der Waals surface area contributed by atoms with Gasteiger partial charge in [0, 0.05) is 12.8 Å². The molecular weight excluding hydrogens is 1060 g/mol. The van der Waals surface area contributed by atoms with E-state index < -0.39 is 26.5 Å². The lowest BCUT2D eigenvalue weighted by Gasteiger charge is -2.24. The van der Waals surface area contributed by atoms with Crippen molar-refractivity contribution < 1.29 is 42.1 Å². The van der Waals surface area contributed by atoms with Crippen LogP contribution in [0.5, 0.6) is 0 Å². The molecule has 0 aliphatic carbocycles. The highest BCUT2D eigenvalue weighted by molar-refractivity contribution is 7.47. The third kappa shape index (κ3) is 67.8. The second kappa shape index (κ2) is 64.2. The quantitative estimate of drug-likeness (QED) is 0.0211. The maximum Gasteiger partial charge on any atom is 0.472 e. The zero-order valence-electron chi connectivity index (χ0n) is 55.1. The van der Waals surface area contributed by atoms with Crippen LogP contribution in [0.25, 0.3) is 0 Å². The van der Waals surface area contributed by atoms with Crippen LogP contribution in [0.15, 0.2) is 109 Å². The van der Waals surface area contributed by atoms with E-state index >= 15 is 0 Å². The average molecular weight is 1190 g/mol. The van der Waals surface area contributed by atoms with Gasteiger partial charge in [-0.1, -0.05) is 290 Å². The van der Waals surface area contributed by atoms with Gasteiger partial charge in [-0.2, -0.15) is 0 Å². The summed E-state index contributed by atoms with van der Waals surface area (Å²) in [6.45, 7) is 4.33. The third-order valence-electron chi connectivity index (χ3n) is 14.8. The van der Waals surface area contributed by atoms with E-state index in [2.05, 4.69) is 123 Å². The van der Waals surface area contributed by atoms with Gasteiger partial charge in [0.25, 0.3) is 0 Å². The number of nitrogens with zero attached hydrogens (tertiary/aromatic N) is 1. The minimum absolute atomic E-state index is 0.0281. The molecule has 0 aromatic rings. The fourth-order valence-electron chi connectivity index (χ4n) is 9.50. The molecule has 0 aliphatic heterocycles. The number of phosphoric ester groups is 1. The highest BCUT2D eigenvalue weighted by atomic mass is 31.2. The van der Waals surface area contributed by atoms with Crippen LogP contribution in [-0.4, -0.2) is 74.9 Å². The van der Waals surface area contributed by atoms with Gasteiger partial charge in [-0.25, -0.2) is 4.57 Å². The van der Waals surface area contributed by atoms with Crippen molar-refractivity contribution in [2.24, 2.45) is 0 Å². The summed E-state index contributed by atoms with van der Waals surface area (Å²) in [6, 6.07) is 0. The van der Waals surface area contributed by atoms with Crippen molar-refractivity contribution in [3.05, 3.63) is 109 Å². The van der Waals surface area contributed by atoms with Crippen molar-refractivity contribution in [3.8, 4) is 0 Å². The minimum Gasteiger partial charge on any atom is -0.462 e. The highest BCUT2D eigenvalue weighted by Crippen LogP contribution is 2.43. The molecule has 0 bridgehead atoms. The Morgan fingerprint density at radius 2 is 0.679 bits per heavy atom. The van der Waals surface area contributed by atoms with Gasteiger partial charge >= 0.3 is 19.8 Å². The number of carbonyl (C=O) groups is 2. The Bertz CT molecular complexity index is 1790. The standard InChI is InChI=1S/C74H130NO8P/c1-6-8-10-12-14-16-18-20-22-24-26-28-30-32-33-34-35-36-37-38-39-40-41-43-45-47-49-51-53-55-57-59-61-63-65-67-74(77)83-72(71-82-84(78,79)81-69-68-75(3,4)5)70-80-73(76)66-64-62-60-58-56-54-52-50-48-46-44-42-31-29-27-25-23-21-19-17-15-13-11-9-7-2/h8,10,14,16,19-22,25-28,32-33,35-36,38-39,72H,6-7,9,11-13,15,17-18,23-24,29-31,34,37,40-71H2,1-5H3/p+1/b10-8-,16-14-,21-19-,22-20-,27-25-,28-26-,33-32-,36-35-,39-38-. The van der Waals surface area contributed by atoms with Gasteiger partial charge in [0.05, 0.1) is 27.7 Å². The van der Waals surface area contributed by atoms with Gasteiger partial charge in [0.15, 0.2) is 6.10 Å². The molecule has 0 saturated carbocycles. The molecule has 484 valence electrons. The van der Waals surface area contributed by atoms with Crippen LogP contribution in [0.2, 0.25) is 0 Å². The maximum absolute atomic E-state index is 12.9. The molecule has 0 radical (unpaired) electrons. The normalized spacial score (nSPS) is 13.8. The van der Waals surface area contributed by atoms with Crippen LogP contribution in [0.4, 0.5) is 0 Å². The number of allylic oxidation sites excluding steroid dienone is 18. The molecule has 0 spiro atoms. The number of unbranched alkanes of at least 4 members (excludes halogenated alkanes) is 31. The number of likely N-dealkylation sites (N-methyl/N-ethyl adjacent to an activating group) is 1. The lowest BCUT2D eigenvalue weighted by atomic mass is 10.0. The number of hydrogen-bond donors (Lipinski definition) is 1. The van der Waals surface area contributed by atoms with Crippen LogP contribution in [-0.2, 0) is 32.7 Å². The van der Waals surface area contributed by atoms with E-state index in [-0.39, 0.29) is 32.0 Å². The van der Waals surface area contributed by atoms with Crippen LogP contribution < -0.4 is 0 Å². The largest absolute Gasteiger partial charge is 0.472 e. The third-order valence-corrected chi connectivity index (χ3v) is 15.8. The molecule has 0 aliphatic rings. The molecule has 2 unspecified atom stereocenters. The predicted octanol–water partition coefficient (Wildman–Crippen LogP) is 22.5. The Balaban J connectivity index is 4.07. The second-order valence-electron chi connectivity index (χ2n) is 24.2. The van der Waals surface area contributed by atoms with Gasteiger partial charge in [0.2, 0.25) is 0 Å². The Kier molecular flexibility index (Phi) is 61.6. The summed E-state index contributed by atoms with van der Waals surface area (Å²) >= 11 is 0. The fourth-order valence-corrected chi connectivity index (χ4v) is 10.2. The van der Waals surface area contributed by atoms with Crippen molar-refractivity contribution in [1.29, 1.82) is 0 Å². The summed E-state index contributed by atoms with van der Waals surface area (Å²) < 4.78 is 34.7. The predicted molar refractivity (Wildman–Crippen MR) is 362 cm³/mol. The Morgan fingerprint density at radius 3 is 1.01 bits per heavy atom. The molecule has 0 aromatic carbocycles. The monoisotopic (exact) mass is 1190 g/mol. The Hall–Kier alpha value is -3.33. The molecule has 0 fully saturated rings.